The van der Waals surface area contributed by atoms with Gasteiger partial charge in [-0.3, -0.25) is 4.98 Å². The molecule has 0 bridgehead atoms. The molecule has 0 aliphatic carbocycles. The zero-order valence-corrected chi connectivity index (χ0v) is 11.4. The zero-order chi connectivity index (χ0) is 13.4. The third kappa shape index (κ3) is 1.86. The summed E-state index contributed by atoms with van der Waals surface area (Å²) in [6.07, 6.45) is 1.56. The smallest absolute Gasteiger partial charge is 0.341 e. The van der Waals surface area contributed by atoms with Gasteiger partial charge in [0.25, 0.3) is 0 Å². The molecular weight excluding hydrogens is 260 g/mol. The fourth-order valence-corrected chi connectivity index (χ4v) is 3.03. The van der Waals surface area contributed by atoms with E-state index in [-0.39, 0.29) is 5.97 Å². The predicted octanol–water partition coefficient (Wildman–Crippen LogP) is 3.28. The number of methoxy groups -OCH3 is 1. The Balaban J connectivity index is 2.28. The molecule has 1 aromatic heterocycles. The van der Waals surface area contributed by atoms with Crippen molar-refractivity contribution in [1.82, 2.24) is 4.98 Å². The van der Waals surface area contributed by atoms with Gasteiger partial charge in [0.05, 0.1) is 12.8 Å². The van der Waals surface area contributed by atoms with Crippen LogP contribution in [0.5, 0.6) is 0 Å². The Morgan fingerprint density at radius 1 is 1.37 bits per heavy atom. The summed E-state index contributed by atoms with van der Waals surface area (Å²) in [5, 5.41) is 0. The number of ether oxygens (including phenoxy) is 1. The Kier molecular flexibility index (Phi) is 2.91. The van der Waals surface area contributed by atoms with E-state index in [1.54, 1.807) is 6.20 Å². The lowest BCUT2D eigenvalue weighted by Crippen LogP contribution is -2.11. The SMILES string of the molecule is COC(=O)c1cnc(C)c2c1NSc1ccccc1-2. The highest BCUT2D eigenvalue weighted by Gasteiger charge is 2.24. The summed E-state index contributed by atoms with van der Waals surface area (Å²) < 4.78 is 8.02. The molecule has 1 aromatic carbocycles. The lowest BCUT2D eigenvalue weighted by atomic mass is 9.99. The molecule has 2 aromatic rings. The van der Waals surface area contributed by atoms with E-state index < -0.39 is 0 Å². The van der Waals surface area contributed by atoms with E-state index in [2.05, 4.69) is 9.71 Å². The van der Waals surface area contributed by atoms with Gasteiger partial charge in [0.15, 0.2) is 0 Å². The van der Waals surface area contributed by atoms with E-state index in [1.807, 2.05) is 31.2 Å². The van der Waals surface area contributed by atoms with Gasteiger partial charge in [-0.2, -0.15) is 0 Å². The van der Waals surface area contributed by atoms with Crippen molar-refractivity contribution in [2.24, 2.45) is 0 Å². The molecule has 2 heterocycles. The van der Waals surface area contributed by atoms with Crippen molar-refractivity contribution in [1.29, 1.82) is 0 Å². The Morgan fingerprint density at radius 3 is 2.95 bits per heavy atom. The van der Waals surface area contributed by atoms with Gasteiger partial charge in [0, 0.05) is 27.9 Å². The Bertz CT molecular complexity index is 670. The monoisotopic (exact) mass is 272 g/mol. The maximum atomic E-state index is 11.8. The van der Waals surface area contributed by atoms with Gasteiger partial charge < -0.3 is 9.46 Å². The molecule has 0 fully saturated rings. The summed E-state index contributed by atoms with van der Waals surface area (Å²) in [6.45, 7) is 1.94. The highest BCUT2D eigenvalue weighted by Crippen LogP contribution is 2.44. The first-order chi connectivity index (χ1) is 9.22. The van der Waals surface area contributed by atoms with Crippen LogP contribution in [0.2, 0.25) is 0 Å². The second-order valence-corrected chi connectivity index (χ2v) is 5.05. The average Bonchev–Trinajstić information content (AvgIpc) is 2.46. The second-order valence-electron chi connectivity index (χ2n) is 4.20. The van der Waals surface area contributed by atoms with E-state index >= 15 is 0 Å². The van der Waals surface area contributed by atoms with E-state index in [0.717, 1.165) is 27.4 Å². The van der Waals surface area contributed by atoms with Crippen LogP contribution >= 0.6 is 11.9 Å². The topological polar surface area (TPSA) is 51.2 Å². The Hall–Kier alpha value is -2.01. The normalized spacial score (nSPS) is 12.1. The van der Waals surface area contributed by atoms with Gasteiger partial charge in [0.1, 0.15) is 5.56 Å². The Morgan fingerprint density at radius 2 is 2.16 bits per heavy atom. The lowest BCUT2D eigenvalue weighted by Gasteiger charge is -2.23. The van der Waals surface area contributed by atoms with Crippen LogP contribution in [-0.4, -0.2) is 18.1 Å². The largest absolute Gasteiger partial charge is 0.465 e. The number of pyridine rings is 1. The minimum absolute atomic E-state index is 0.378. The number of nitrogens with one attached hydrogen (secondary N) is 1. The van der Waals surface area contributed by atoms with Crippen molar-refractivity contribution >= 4 is 23.6 Å². The molecule has 0 saturated heterocycles. The number of anilines is 1. The number of rotatable bonds is 1. The molecule has 1 aliphatic heterocycles. The van der Waals surface area contributed by atoms with E-state index in [0.29, 0.717) is 5.56 Å². The van der Waals surface area contributed by atoms with Crippen molar-refractivity contribution in [3.63, 3.8) is 0 Å². The van der Waals surface area contributed by atoms with Crippen molar-refractivity contribution in [2.45, 2.75) is 11.8 Å². The number of esters is 1. The van der Waals surface area contributed by atoms with Crippen molar-refractivity contribution in [2.75, 3.05) is 11.8 Å². The summed E-state index contributed by atoms with van der Waals surface area (Å²) in [5.41, 5.74) is 4.20. The lowest BCUT2D eigenvalue weighted by molar-refractivity contribution is 0.0601. The number of carbonyl (C=O) groups excluding carboxylic acids is 1. The number of hydrogen-bond donors (Lipinski definition) is 1. The first-order valence-corrected chi connectivity index (χ1v) is 6.64. The van der Waals surface area contributed by atoms with Crippen LogP contribution in [0, 0.1) is 6.92 Å². The molecule has 1 N–H and O–H groups in total. The third-order valence-electron chi connectivity index (χ3n) is 3.09. The quantitative estimate of drug-likeness (QED) is 0.637. The highest BCUT2D eigenvalue weighted by molar-refractivity contribution is 8.00. The van der Waals surface area contributed by atoms with E-state index in [1.165, 1.54) is 19.1 Å². The van der Waals surface area contributed by atoms with Crippen LogP contribution in [0.3, 0.4) is 0 Å². The summed E-state index contributed by atoms with van der Waals surface area (Å²) in [7, 11) is 1.37. The van der Waals surface area contributed by atoms with E-state index in [4.69, 9.17) is 4.74 Å². The standard InChI is InChI=1S/C14H12N2O2S/c1-8-12-9-5-3-4-6-11(9)19-16-13(12)10(7-15-8)14(17)18-2/h3-7,16H,1-2H3. The molecule has 0 unspecified atom stereocenters. The van der Waals surface area contributed by atoms with E-state index in [9.17, 15) is 4.79 Å². The molecule has 0 saturated carbocycles. The fourth-order valence-electron chi connectivity index (χ4n) is 2.17. The molecule has 5 heteroatoms. The number of hydrogen-bond acceptors (Lipinski definition) is 5. The first-order valence-electron chi connectivity index (χ1n) is 5.82. The number of aromatic nitrogens is 1. The van der Waals surface area contributed by atoms with Crippen molar-refractivity contribution < 1.29 is 9.53 Å². The number of aryl methyl sites for hydroxylation is 1. The molecule has 0 amide bonds. The molecule has 0 spiro atoms. The maximum Gasteiger partial charge on any atom is 0.341 e. The molecule has 0 radical (unpaired) electrons. The average molecular weight is 272 g/mol. The second kappa shape index (κ2) is 4.59. The molecule has 96 valence electrons. The molecular formula is C14H12N2O2S. The summed E-state index contributed by atoms with van der Waals surface area (Å²) >= 11 is 1.50. The third-order valence-corrected chi connectivity index (χ3v) is 3.98. The molecule has 1 aliphatic rings. The van der Waals surface area contributed by atoms with Gasteiger partial charge in [-0.25, -0.2) is 4.79 Å². The minimum atomic E-state index is -0.378. The van der Waals surface area contributed by atoms with Crippen LogP contribution in [0.25, 0.3) is 11.1 Å². The first kappa shape index (κ1) is 12.0. The summed E-state index contributed by atoms with van der Waals surface area (Å²) in [5.74, 6) is -0.378. The van der Waals surface area contributed by atoms with Crippen molar-refractivity contribution in [3.05, 3.63) is 41.7 Å². The van der Waals surface area contributed by atoms with Gasteiger partial charge in [-0.05, 0) is 24.9 Å². The summed E-state index contributed by atoms with van der Waals surface area (Å²) in [4.78, 5) is 17.2. The number of benzene rings is 1. The predicted molar refractivity (Wildman–Crippen MR) is 75.2 cm³/mol. The molecule has 4 nitrogen and oxygen atoms in total. The van der Waals surface area contributed by atoms with Gasteiger partial charge in [-0.15, -0.1) is 0 Å². The van der Waals surface area contributed by atoms with Crippen LogP contribution < -0.4 is 4.72 Å². The van der Waals surface area contributed by atoms with Crippen LogP contribution in [0.15, 0.2) is 35.4 Å². The fraction of sp³-hybridized carbons (Fsp3) is 0.143. The Labute approximate surface area is 115 Å². The van der Waals surface area contributed by atoms with Gasteiger partial charge in [-0.1, -0.05) is 18.2 Å². The zero-order valence-electron chi connectivity index (χ0n) is 10.6. The number of carbonyl (C=O) groups is 1. The maximum absolute atomic E-state index is 11.8. The van der Waals surface area contributed by atoms with Crippen LogP contribution in [0.4, 0.5) is 5.69 Å². The van der Waals surface area contributed by atoms with Gasteiger partial charge >= 0.3 is 5.97 Å². The molecule has 3 rings (SSSR count). The van der Waals surface area contributed by atoms with Crippen molar-refractivity contribution in [3.8, 4) is 11.1 Å². The molecule has 0 atom stereocenters. The van der Waals surface area contributed by atoms with Crippen LogP contribution in [0.1, 0.15) is 16.1 Å². The molecule has 19 heavy (non-hydrogen) atoms. The number of fused-ring (bicyclic) bond motifs is 3. The minimum Gasteiger partial charge on any atom is -0.465 e. The highest BCUT2D eigenvalue weighted by atomic mass is 32.2. The number of nitrogens with zero attached hydrogens (tertiary/aromatic N) is 1. The summed E-state index contributed by atoms with van der Waals surface area (Å²) in [6, 6.07) is 8.06. The van der Waals surface area contributed by atoms with Crippen LogP contribution in [-0.2, 0) is 4.74 Å². The van der Waals surface area contributed by atoms with Gasteiger partial charge in [0.2, 0.25) is 0 Å².